The number of nitrogens with two attached hydrogens (primary N) is 1. The topological polar surface area (TPSA) is 95.7 Å². The fraction of sp³-hybridized carbons (Fsp3) is 0.562. The monoisotopic (exact) mass is 426 g/mol. The third kappa shape index (κ3) is 5.72. The van der Waals surface area contributed by atoms with Crippen LogP contribution in [0.4, 0.5) is 5.69 Å². The molecule has 1 amide bonds. The number of nitrogens with one attached hydrogen (secondary N) is 1. The maximum Gasteiger partial charge on any atom is 0.253 e. The maximum absolute atomic E-state index is 12.5. The first-order chi connectivity index (χ1) is 11.4. The second kappa shape index (κ2) is 10.9. The van der Waals surface area contributed by atoms with E-state index in [1.165, 1.54) is 26.6 Å². The predicted octanol–water partition coefficient (Wildman–Crippen LogP) is 1.46. The van der Waals surface area contributed by atoms with Crippen molar-refractivity contribution in [3.8, 4) is 0 Å². The molecule has 3 N–H and O–H groups in total. The molecule has 0 saturated carbocycles. The molecule has 0 unspecified atom stereocenters. The molecule has 0 bridgehead atoms. The van der Waals surface area contributed by atoms with Crippen LogP contribution in [0.15, 0.2) is 23.1 Å². The number of benzene rings is 1. The number of piperidine rings is 1. The van der Waals surface area contributed by atoms with Crippen molar-refractivity contribution in [1.29, 1.82) is 0 Å². The molecule has 0 radical (unpaired) electrons. The minimum atomic E-state index is -3.59. The van der Waals surface area contributed by atoms with Crippen LogP contribution in [0, 0.1) is 0 Å². The molecule has 1 fully saturated rings. The Kier molecular flexibility index (Phi) is 10.5. The summed E-state index contributed by atoms with van der Waals surface area (Å²) in [5.41, 5.74) is 6.61. The van der Waals surface area contributed by atoms with E-state index < -0.39 is 10.0 Å². The number of anilines is 1. The number of amides is 1. The fourth-order valence-corrected chi connectivity index (χ4v) is 3.69. The van der Waals surface area contributed by atoms with E-state index in [0.717, 1.165) is 35.9 Å². The van der Waals surface area contributed by atoms with Gasteiger partial charge in [-0.2, -0.15) is 0 Å². The van der Waals surface area contributed by atoms with Crippen LogP contribution >= 0.6 is 24.8 Å². The molecule has 0 atom stereocenters. The molecule has 1 aliphatic rings. The molecule has 26 heavy (non-hydrogen) atoms. The van der Waals surface area contributed by atoms with Gasteiger partial charge in [-0.25, -0.2) is 12.7 Å². The summed E-state index contributed by atoms with van der Waals surface area (Å²) in [4.78, 5) is 14.8. The predicted molar refractivity (Wildman–Crippen MR) is 109 cm³/mol. The Hall–Kier alpha value is -1.06. The molecule has 2 rings (SSSR count). The highest BCUT2D eigenvalue weighted by atomic mass is 35.5. The van der Waals surface area contributed by atoms with Gasteiger partial charge in [0.15, 0.2) is 0 Å². The molecule has 7 nitrogen and oxygen atoms in total. The highest BCUT2D eigenvalue weighted by molar-refractivity contribution is 7.89. The van der Waals surface area contributed by atoms with Crippen molar-refractivity contribution < 1.29 is 13.2 Å². The number of hydrogen-bond donors (Lipinski definition) is 2. The summed E-state index contributed by atoms with van der Waals surface area (Å²) in [7, 11) is -0.642. The summed E-state index contributed by atoms with van der Waals surface area (Å²) < 4.78 is 25.9. The van der Waals surface area contributed by atoms with Crippen LogP contribution in [-0.2, 0) is 10.0 Å². The minimum Gasteiger partial charge on any atom is -0.371 e. The van der Waals surface area contributed by atoms with Gasteiger partial charge >= 0.3 is 0 Å². The van der Waals surface area contributed by atoms with Gasteiger partial charge in [0.25, 0.3) is 5.91 Å². The first-order valence-electron chi connectivity index (χ1n) is 8.17. The van der Waals surface area contributed by atoms with E-state index in [1.54, 1.807) is 12.1 Å². The third-order valence-corrected chi connectivity index (χ3v) is 5.93. The van der Waals surface area contributed by atoms with Crippen LogP contribution < -0.4 is 16.0 Å². The summed E-state index contributed by atoms with van der Waals surface area (Å²) in [5, 5.41) is 2.74. The lowest BCUT2D eigenvalue weighted by Gasteiger charge is -2.30. The zero-order valence-electron chi connectivity index (χ0n) is 15.1. The first kappa shape index (κ1) is 24.9. The molecule has 1 saturated heterocycles. The molecule has 1 aliphatic heterocycles. The highest BCUT2D eigenvalue weighted by Gasteiger charge is 2.23. The van der Waals surface area contributed by atoms with Crippen molar-refractivity contribution in [1.82, 2.24) is 9.62 Å². The van der Waals surface area contributed by atoms with Crippen LogP contribution in [-0.4, -0.2) is 58.9 Å². The quantitative estimate of drug-likeness (QED) is 0.717. The van der Waals surface area contributed by atoms with Crippen LogP contribution in [0.1, 0.15) is 29.6 Å². The Balaban J connectivity index is 0.00000312. The van der Waals surface area contributed by atoms with E-state index in [4.69, 9.17) is 5.73 Å². The molecule has 0 aromatic heterocycles. The SMILES string of the molecule is CN(C)S(=O)(=O)c1ccc(N2CCCCC2)c(C(=O)NCCN)c1.Cl.Cl. The van der Waals surface area contributed by atoms with Crippen LogP contribution in [0.3, 0.4) is 0 Å². The van der Waals surface area contributed by atoms with E-state index >= 15 is 0 Å². The smallest absolute Gasteiger partial charge is 0.253 e. The van der Waals surface area contributed by atoms with E-state index in [9.17, 15) is 13.2 Å². The molecule has 150 valence electrons. The first-order valence-corrected chi connectivity index (χ1v) is 9.61. The molecule has 1 heterocycles. The number of hydrogen-bond acceptors (Lipinski definition) is 5. The van der Waals surface area contributed by atoms with Gasteiger partial charge in [0.2, 0.25) is 10.0 Å². The van der Waals surface area contributed by atoms with Gasteiger partial charge in [0, 0.05) is 46.0 Å². The summed E-state index contributed by atoms with van der Waals surface area (Å²) in [5.74, 6) is -0.295. The van der Waals surface area contributed by atoms with Crippen molar-refractivity contribution in [2.24, 2.45) is 5.73 Å². The Labute approximate surface area is 168 Å². The Morgan fingerprint density at radius 3 is 2.35 bits per heavy atom. The number of carbonyl (C=O) groups excluding carboxylic acids is 1. The molecular formula is C16H28Cl2N4O3S. The zero-order valence-corrected chi connectivity index (χ0v) is 17.6. The third-order valence-electron chi connectivity index (χ3n) is 4.12. The van der Waals surface area contributed by atoms with Crippen LogP contribution in [0.25, 0.3) is 0 Å². The number of halogens is 2. The maximum atomic E-state index is 12.5. The lowest BCUT2D eigenvalue weighted by atomic mass is 10.1. The van der Waals surface area contributed by atoms with E-state index in [-0.39, 0.29) is 35.6 Å². The zero-order chi connectivity index (χ0) is 17.7. The van der Waals surface area contributed by atoms with E-state index in [2.05, 4.69) is 10.2 Å². The lowest BCUT2D eigenvalue weighted by molar-refractivity contribution is 0.0955. The highest BCUT2D eigenvalue weighted by Crippen LogP contribution is 2.27. The number of carbonyl (C=O) groups is 1. The van der Waals surface area contributed by atoms with Gasteiger partial charge in [-0.05, 0) is 37.5 Å². The van der Waals surface area contributed by atoms with Crippen molar-refractivity contribution in [2.45, 2.75) is 24.2 Å². The van der Waals surface area contributed by atoms with Crippen LogP contribution in [0.2, 0.25) is 0 Å². The summed E-state index contributed by atoms with van der Waals surface area (Å²) in [6, 6.07) is 4.77. The molecule has 1 aromatic rings. The molecule has 10 heteroatoms. The standard InChI is InChI=1S/C16H26N4O3S.2ClH/c1-19(2)24(22,23)13-6-7-15(20-10-4-3-5-11-20)14(12-13)16(21)18-9-8-17;;/h6-7,12H,3-5,8-11,17H2,1-2H3,(H,18,21);2*1H. The number of sulfonamides is 1. The summed E-state index contributed by atoms with van der Waals surface area (Å²) in [6.07, 6.45) is 3.32. The van der Waals surface area contributed by atoms with Crippen molar-refractivity contribution in [2.75, 3.05) is 45.2 Å². The van der Waals surface area contributed by atoms with Gasteiger partial charge in [-0.3, -0.25) is 4.79 Å². The van der Waals surface area contributed by atoms with E-state index in [1.807, 2.05) is 0 Å². The average Bonchev–Trinajstić information content (AvgIpc) is 2.59. The second-order valence-corrected chi connectivity index (χ2v) is 8.21. The van der Waals surface area contributed by atoms with Gasteiger partial charge in [0.1, 0.15) is 0 Å². The minimum absolute atomic E-state index is 0. The molecule has 0 spiro atoms. The summed E-state index contributed by atoms with van der Waals surface area (Å²) >= 11 is 0. The molecular weight excluding hydrogens is 399 g/mol. The van der Waals surface area contributed by atoms with Crippen molar-refractivity contribution in [3.05, 3.63) is 23.8 Å². The molecule has 1 aromatic carbocycles. The van der Waals surface area contributed by atoms with Gasteiger partial charge in [-0.1, -0.05) is 0 Å². The molecule has 0 aliphatic carbocycles. The Morgan fingerprint density at radius 2 is 1.81 bits per heavy atom. The average molecular weight is 427 g/mol. The van der Waals surface area contributed by atoms with Gasteiger partial charge in [0.05, 0.1) is 10.5 Å². The van der Waals surface area contributed by atoms with Crippen molar-refractivity contribution in [3.63, 3.8) is 0 Å². The second-order valence-electron chi connectivity index (χ2n) is 6.06. The Bertz CT molecular complexity index is 693. The van der Waals surface area contributed by atoms with Gasteiger partial charge in [-0.15, -0.1) is 24.8 Å². The lowest BCUT2D eigenvalue weighted by Crippen LogP contribution is -2.34. The van der Waals surface area contributed by atoms with E-state index in [0.29, 0.717) is 18.7 Å². The fourth-order valence-electron chi connectivity index (χ4n) is 2.76. The number of rotatable bonds is 6. The van der Waals surface area contributed by atoms with Crippen molar-refractivity contribution >= 4 is 46.4 Å². The largest absolute Gasteiger partial charge is 0.371 e. The van der Waals surface area contributed by atoms with Crippen LogP contribution in [0.5, 0.6) is 0 Å². The number of nitrogens with zero attached hydrogens (tertiary/aromatic N) is 2. The van der Waals surface area contributed by atoms with Gasteiger partial charge < -0.3 is 16.0 Å². The normalized spacial score (nSPS) is 14.4. The summed E-state index contributed by atoms with van der Waals surface area (Å²) in [6.45, 7) is 2.43. The Morgan fingerprint density at radius 1 is 1.19 bits per heavy atom.